The predicted octanol–water partition coefficient (Wildman–Crippen LogP) is 6.60. The molecule has 29 heavy (non-hydrogen) atoms. The summed E-state index contributed by atoms with van der Waals surface area (Å²) in [7, 11) is -3.75. The van der Waals surface area contributed by atoms with Crippen LogP contribution in [0.4, 0.5) is 0 Å². The first-order valence-corrected chi connectivity index (χ1v) is 12.1. The van der Waals surface area contributed by atoms with Gasteiger partial charge in [-0.25, -0.2) is 0 Å². The summed E-state index contributed by atoms with van der Waals surface area (Å²) in [5.74, 6) is 0. The topological polar surface area (TPSA) is 43.4 Å². The number of benzene rings is 2. The maximum absolute atomic E-state index is 12.7. The van der Waals surface area contributed by atoms with Crippen molar-refractivity contribution >= 4 is 39.7 Å². The minimum absolute atomic E-state index is 0. The molecule has 0 heterocycles. The van der Waals surface area contributed by atoms with Crippen LogP contribution < -0.4 is 0 Å². The van der Waals surface area contributed by atoms with E-state index in [1.165, 1.54) is 44.9 Å². The van der Waals surface area contributed by atoms with Crippen molar-refractivity contribution in [3.63, 3.8) is 0 Å². The molecule has 0 aromatic heterocycles. The number of hydrogen-bond donors (Lipinski definition) is 0. The van der Waals surface area contributed by atoms with Gasteiger partial charge in [-0.15, -0.1) is 0 Å². The maximum atomic E-state index is 12.7. The Labute approximate surface area is 199 Å². The number of rotatable bonds is 14. The summed E-state index contributed by atoms with van der Waals surface area (Å²) in [6, 6.07) is 16.6. The van der Waals surface area contributed by atoms with Gasteiger partial charge in [0.25, 0.3) is 10.1 Å². The van der Waals surface area contributed by atoms with Crippen molar-refractivity contribution < 1.29 is 12.6 Å². The molecule has 0 aliphatic carbocycles. The van der Waals surface area contributed by atoms with E-state index >= 15 is 0 Å². The second-order valence-electron chi connectivity index (χ2n) is 7.32. The fourth-order valence-electron chi connectivity index (χ4n) is 3.36. The standard InChI is InChI=1S/C24H34O3S.Na/c1-2-3-4-5-6-7-8-9-10-16-21-27-28(25,26)24-20-15-14-19-23(24)22-17-12-11-13-18-22;/h11-15,17-20H,2-10,16,21H2,1H3;. The predicted molar refractivity (Wildman–Crippen MR) is 123 cm³/mol. The van der Waals surface area contributed by atoms with Crippen molar-refractivity contribution in [1.82, 2.24) is 0 Å². The first-order valence-electron chi connectivity index (χ1n) is 10.7. The van der Waals surface area contributed by atoms with Crippen molar-refractivity contribution in [2.45, 2.75) is 76.0 Å². The molecule has 0 aliphatic rings. The van der Waals surface area contributed by atoms with Crippen molar-refractivity contribution in [1.29, 1.82) is 0 Å². The Morgan fingerprint density at radius 1 is 0.690 bits per heavy atom. The van der Waals surface area contributed by atoms with E-state index < -0.39 is 10.1 Å². The molecule has 1 radical (unpaired) electrons. The van der Waals surface area contributed by atoms with Gasteiger partial charge >= 0.3 is 0 Å². The molecule has 0 saturated heterocycles. The molecule has 2 rings (SSSR count). The summed E-state index contributed by atoms with van der Waals surface area (Å²) < 4.78 is 30.7. The van der Waals surface area contributed by atoms with Gasteiger partial charge in [0, 0.05) is 35.1 Å². The molecule has 155 valence electrons. The molecule has 0 fully saturated rings. The van der Waals surface area contributed by atoms with Gasteiger partial charge in [-0.1, -0.05) is 113 Å². The summed E-state index contributed by atoms with van der Waals surface area (Å²) >= 11 is 0. The molecule has 0 spiro atoms. The van der Waals surface area contributed by atoms with Crippen LogP contribution in [0.25, 0.3) is 11.1 Å². The van der Waals surface area contributed by atoms with Crippen LogP contribution in [0, 0.1) is 0 Å². The van der Waals surface area contributed by atoms with Gasteiger partial charge in [0.15, 0.2) is 0 Å². The number of hydrogen-bond acceptors (Lipinski definition) is 3. The smallest absolute Gasteiger partial charge is 0.266 e. The Kier molecular flexibility index (Phi) is 13.8. The van der Waals surface area contributed by atoms with Crippen LogP contribution in [0.3, 0.4) is 0 Å². The van der Waals surface area contributed by atoms with E-state index in [4.69, 9.17) is 4.18 Å². The minimum Gasteiger partial charge on any atom is -0.266 e. The van der Waals surface area contributed by atoms with Crippen LogP contribution in [0.2, 0.25) is 0 Å². The van der Waals surface area contributed by atoms with Gasteiger partial charge in [0.2, 0.25) is 0 Å². The Balaban J connectivity index is 0.00000420. The van der Waals surface area contributed by atoms with E-state index in [2.05, 4.69) is 6.92 Å². The second-order valence-corrected chi connectivity index (χ2v) is 8.90. The maximum Gasteiger partial charge on any atom is 0.297 e. The molecule has 0 unspecified atom stereocenters. The van der Waals surface area contributed by atoms with Crippen molar-refractivity contribution in [2.75, 3.05) is 6.61 Å². The molecule has 0 aliphatic heterocycles. The van der Waals surface area contributed by atoms with E-state index in [-0.39, 0.29) is 41.1 Å². The van der Waals surface area contributed by atoms with Crippen molar-refractivity contribution in [3.8, 4) is 11.1 Å². The quantitative estimate of drug-likeness (QED) is 0.195. The summed E-state index contributed by atoms with van der Waals surface area (Å²) in [4.78, 5) is 0.244. The van der Waals surface area contributed by atoms with E-state index in [1.807, 2.05) is 42.5 Å². The molecular weight excluding hydrogens is 391 g/mol. The third-order valence-corrected chi connectivity index (χ3v) is 6.35. The summed E-state index contributed by atoms with van der Waals surface area (Å²) in [6.07, 6.45) is 12.1. The van der Waals surface area contributed by atoms with E-state index in [1.54, 1.807) is 12.1 Å². The summed E-state index contributed by atoms with van der Waals surface area (Å²) in [5.41, 5.74) is 1.57. The van der Waals surface area contributed by atoms with Crippen LogP contribution in [0.15, 0.2) is 59.5 Å². The molecule has 0 atom stereocenters. The van der Waals surface area contributed by atoms with Crippen molar-refractivity contribution in [2.24, 2.45) is 0 Å². The largest absolute Gasteiger partial charge is 0.297 e. The third-order valence-electron chi connectivity index (χ3n) is 4.98. The molecule has 5 heteroatoms. The molecule has 0 bridgehead atoms. The summed E-state index contributed by atoms with van der Waals surface area (Å²) in [6.45, 7) is 2.49. The fourth-order valence-corrected chi connectivity index (χ4v) is 4.53. The first-order chi connectivity index (χ1) is 13.6. The Morgan fingerprint density at radius 3 is 1.83 bits per heavy atom. The average Bonchev–Trinajstić information content (AvgIpc) is 2.72. The van der Waals surface area contributed by atoms with Crippen molar-refractivity contribution in [3.05, 3.63) is 54.6 Å². The van der Waals surface area contributed by atoms with E-state index in [0.29, 0.717) is 5.56 Å². The van der Waals surface area contributed by atoms with Crippen LogP contribution >= 0.6 is 0 Å². The first kappa shape index (κ1) is 26.4. The second kappa shape index (κ2) is 15.2. The Bertz CT molecular complexity index is 776. The van der Waals surface area contributed by atoms with E-state index in [0.717, 1.165) is 24.8 Å². The molecule has 0 saturated carbocycles. The Hall–Kier alpha value is -0.650. The third kappa shape index (κ3) is 9.80. The van der Waals surface area contributed by atoms with Gasteiger partial charge in [-0.05, 0) is 18.1 Å². The zero-order valence-corrected chi connectivity index (χ0v) is 20.9. The zero-order valence-electron chi connectivity index (χ0n) is 18.1. The molecular formula is C24H34NaO3S. The molecule has 0 amide bonds. The van der Waals surface area contributed by atoms with E-state index in [9.17, 15) is 8.42 Å². The van der Waals surface area contributed by atoms with Gasteiger partial charge in [-0.3, -0.25) is 4.18 Å². The SMILES string of the molecule is CCCCCCCCCCCCOS(=O)(=O)c1ccccc1-c1ccccc1.[Na]. The molecule has 0 N–H and O–H groups in total. The molecule has 3 nitrogen and oxygen atoms in total. The van der Waals surface area contributed by atoms with Gasteiger partial charge < -0.3 is 0 Å². The van der Waals surface area contributed by atoms with Crippen LogP contribution in [0.1, 0.15) is 71.1 Å². The summed E-state index contributed by atoms with van der Waals surface area (Å²) in [5, 5.41) is 0. The minimum atomic E-state index is -3.75. The Morgan fingerprint density at radius 2 is 1.21 bits per heavy atom. The van der Waals surface area contributed by atoms with Gasteiger partial charge in [0.1, 0.15) is 4.90 Å². The monoisotopic (exact) mass is 425 g/mol. The average molecular weight is 426 g/mol. The normalized spacial score (nSPS) is 11.2. The fraction of sp³-hybridized carbons (Fsp3) is 0.500. The molecule has 2 aromatic rings. The van der Waals surface area contributed by atoms with Crippen LogP contribution in [0.5, 0.6) is 0 Å². The zero-order chi connectivity index (χ0) is 20.1. The number of unbranched alkanes of at least 4 members (excludes halogenated alkanes) is 9. The van der Waals surface area contributed by atoms with Gasteiger partial charge in [0.05, 0.1) is 6.61 Å². The molecule has 2 aromatic carbocycles. The van der Waals surface area contributed by atoms with Gasteiger partial charge in [-0.2, -0.15) is 8.42 Å². The van der Waals surface area contributed by atoms with Crippen LogP contribution in [-0.2, 0) is 14.3 Å². The van der Waals surface area contributed by atoms with Crippen LogP contribution in [-0.4, -0.2) is 44.6 Å².